The lowest BCUT2D eigenvalue weighted by molar-refractivity contribution is -0.154. The minimum atomic E-state index is -0.380. The van der Waals surface area contributed by atoms with Crippen LogP contribution >= 0.6 is 0 Å². The summed E-state index contributed by atoms with van der Waals surface area (Å²) in [6.07, 6.45) is 3.07. The maximum absolute atomic E-state index is 11.5. The Morgan fingerprint density at radius 2 is 2.42 bits per heavy atom. The summed E-state index contributed by atoms with van der Waals surface area (Å²) in [5.74, 6) is 0.241. The minimum Gasteiger partial charge on any atom is -0.469 e. The highest BCUT2D eigenvalue weighted by Gasteiger charge is 2.46. The molecule has 3 nitrogen and oxygen atoms in total. The average Bonchev–Trinajstić information content (AvgIpc) is 2.46. The fourth-order valence-corrected chi connectivity index (χ4v) is 2.14. The summed E-state index contributed by atoms with van der Waals surface area (Å²) in [6.45, 7) is 2.50. The third-order valence-electron chi connectivity index (χ3n) is 3.16. The molecule has 0 aliphatic heterocycles. The standard InChI is InChI=1S/C9H17NO2/c1-7-4-3-5-9(7,6-10)8(11)12-2/h7H,3-6,10H2,1-2H3. The molecule has 12 heavy (non-hydrogen) atoms. The van der Waals surface area contributed by atoms with Crippen LogP contribution in [0.5, 0.6) is 0 Å². The lowest BCUT2D eigenvalue weighted by Crippen LogP contribution is -2.41. The van der Waals surface area contributed by atoms with Crippen LogP contribution in [-0.2, 0) is 9.53 Å². The van der Waals surface area contributed by atoms with Crippen molar-refractivity contribution in [3.05, 3.63) is 0 Å². The fraction of sp³-hybridized carbons (Fsp3) is 0.889. The van der Waals surface area contributed by atoms with E-state index in [1.54, 1.807) is 0 Å². The second-order valence-electron chi connectivity index (χ2n) is 3.65. The summed E-state index contributed by atoms with van der Waals surface area (Å²) >= 11 is 0. The van der Waals surface area contributed by atoms with Crippen LogP contribution in [0.1, 0.15) is 26.2 Å². The molecule has 3 heteroatoms. The van der Waals surface area contributed by atoms with E-state index < -0.39 is 0 Å². The molecule has 0 saturated heterocycles. The van der Waals surface area contributed by atoms with Gasteiger partial charge in [0.15, 0.2) is 0 Å². The predicted molar refractivity (Wildman–Crippen MR) is 46.5 cm³/mol. The summed E-state index contributed by atoms with van der Waals surface area (Å²) in [4.78, 5) is 11.5. The van der Waals surface area contributed by atoms with Crippen molar-refractivity contribution in [2.45, 2.75) is 26.2 Å². The van der Waals surface area contributed by atoms with E-state index in [-0.39, 0.29) is 11.4 Å². The highest BCUT2D eigenvalue weighted by Crippen LogP contribution is 2.43. The molecule has 0 aromatic rings. The Hall–Kier alpha value is -0.570. The molecule has 1 aliphatic carbocycles. The van der Waals surface area contributed by atoms with Crippen LogP contribution < -0.4 is 5.73 Å². The molecule has 70 valence electrons. The predicted octanol–water partition coefficient (Wildman–Crippen LogP) is 0.924. The number of methoxy groups -OCH3 is 1. The number of carbonyl (C=O) groups excluding carboxylic acids is 1. The first-order valence-electron chi connectivity index (χ1n) is 4.46. The van der Waals surface area contributed by atoms with E-state index in [2.05, 4.69) is 6.92 Å². The van der Waals surface area contributed by atoms with Crippen molar-refractivity contribution >= 4 is 5.97 Å². The van der Waals surface area contributed by atoms with Crippen LogP contribution in [0.3, 0.4) is 0 Å². The zero-order chi connectivity index (χ0) is 9.19. The molecule has 1 fully saturated rings. The number of esters is 1. The van der Waals surface area contributed by atoms with Gasteiger partial charge in [-0.2, -0.15) is 0 Å². The van der Waals surface area contributed by atoms with Gasteiger partial charge in [-0.3, -0.25) is 4.79 Å². The quantitative estimate of drug-likeness (QED) is 0.629. The molecule has 2 N–H and O–H groups in total. The molecule has 0 aromatic heterocycles. The van der Waals surface area contributed by atoms with Gasteiger partial charge in [0.2, 0.25) is 0 Å². The van der Waals surface area contributed by atoms with Crippen molar-refractivity contribution in [3.8, 4) is 0 Å². The van der Waals surface area contributed by atoms with Gasteiger partial charge < -0.3 is 10.5 Å². The second kappa shape index (κ2) is 3.44. The summed E-state index contributed by atoms with van der Waals surface area (Å²) < 4.78 is 4.78. The number of hydrogen-bond acceptors (Lipinski definition) is 3. The molecule has 2 unspecified atom stereocenters. The van der Waals surface area contributed by atoms with Crippen molar-refractivity contribution < 1.29 is 9.53 Å². The van der Waals surface area contributed by atoms with E-state index in [9.17, 15) is 4.79 Å². The third kappa shape index (κ3) is 1.22. The zero-order valence-corrected chi connectivity index (χ0v) is 7.80. The van der Waals surface area contributed by atoms with E-state index in [0.29, 0.717) is 12.5 Å². The van der Waals surface area contributed by atoms with Crippen LogP contribution in [0.2, 0.25) is 0 Å². The van der Waals surface area contributed by atoms with Crippen LogP contribution in [-0.4, -0.2) is 19.6 Å². The van der Waals surface area contributed by atoms with E-state index >= 15 is 0 Å². The van der Waals surface area contributed by atoms with Gasteiger partial charge in [-0.05, 0) is 18.8 Å². The van der Waals surface area contributed by atoms with Crippen molar-refractivity contribution in [1.82, 2.24) is 0 Å². The molecule has 0 bridgehead atoms. The molecule has 1 aliphatic rings. The number of nitrogens with two attached hydrogens (primary N) is 1. The summed E-state index contributed by atoms with van der Waals surface area (Å²) in [5, 5.41) is 0. The monoisotopic (exact) mass is 171 g/mol. The maximum atomic E-state index is 11.5. The second-order valence-corrected chi connectivity index (χ2v) is 3.65. The van der Waals surface area contributed by atoms with Gasteiger partial charge in [0.1, 0.15) is 0 Å². The normalized spacial score (nSPS) is 35.1. The summed E-state index contributed by atoms with van der Waals surface area (Å²) in [7, 11) is 1.44. The Morgan fingerprint density at radius 3 is 2.75 bits per heavy atom. The fourth-order valence-electron chi connectivity index (χ4n) is 2.14. The maximum Gasteiger partial charge on any atom is 0.313 e. The number of ether oxygens (including phenoxy) is 1. The van der Waals surface area contributed by atoms with Crippen molar-refractivity contribution in [3.63, 3.8) is 0 Å². The molecule has 2 atom stereocenters. The molecule has 1 rings (SSSR count). The van der Waals surface area contributed by atoms with Gasteiger partial charge in [0.05, 0.1) is 12.5 Å². The van der Waals surface area contributed by atoms with Crippen molar-refractivity contribution in [2.24, 2.45) is 17.1 Å². The lowest BCUT2D eigenvalue weighted by atomic mass is 9.79. The van der Waals surface area contributed by atoms with Crippen LogP contribution in [0.4, 0.5) is 0 Å². The van der Waals surface area contributed by atoms with E-state index in [0.717, 1.165) is 19.3 Å². The Labute approximate surface area is 73.3 Å². The SMILES string of the molecule is COC(=O)C1(CN)CCCC1C. The number of rotatable bonds is 2. The summed E-state index contributed by atoms with van der Waals surface area (Å²) in [6, 6.07) is 0. The zero-order valence-electron chi connectivity index (χ0n) is 7.80. The molecular formula is C9H17NO2. The largest absolute Gasteiger partial charge is 0.469 e. The van der Waals surface area contributed by atoms with Gasteiger partial charge in [0, 0.05) is 6.54 Å². The minimum absolute atomic E-state index is 0.130. The third-order valence-corrected chi connectivity index (χ3v) is 3.16. The van der Waals surface area contributed by atoms with E-state index in [1.807, 2.05) is 0 Å². The molecule has 0 radical (unpaired) electrons. The topological polar surface area (TPSA) is 52.3 Å². The van der Waals surface area contributed by atoms with Crippen molar-refractivity contribution in [1.29, 1.82) is 0 Å². The molecule has 0 aromatic carbocycles. The van der Waals surface area contributed by atoms with Crippen LogP contribution in [0.25, 0.3) is 0 Å². The highest BCUT2D eigenvalue weighted by atomic mass is 16.5. The van der Waals surface area contributed by atoms with Gasteiger partial charge in [-0.1, -0.05) is 13.3 Å². The Kier molecular flexibility index (Phi) is 2.73. The Bertz CT molecular complexity index is 181. The van der Waals surface area contributed by atoms with E-state index in [1.165, 1.54) is 7.11 Å². The van der Waals surface area contributed by atoms with Crippen LogP contribution in [0.15, 0.2) is 0 Å². The van der Waals surface area contributed by atoms with Gasteiger partial charge in [-0.25, -0.2) is 0 Å². The number of hydrogen-bond donors (Lipinski definition) is 1. The lowest BCUT2D eigenvalue weighted by Gasteiger charge is -2.28. The van der Waals surface area contributed by atoms with Crippen molar-refractivity contribution in [2.75, 3.05) is 13.7 Å². The summed E-state index contributed by atoms with van der Waals surface area (Å²) in [5.41, 5.74) is 5.25. The first-order valence-corrected chi connectivity index (χ1v) is 4.46. The first kappa shape index (κ1) is 9.52. The molecule has 0 heterocycles. The molecule has 0 amide bonds. The van der Waals surface area contributed by atoms with Crippen LogP contribution in [0, 0.1) is 11.3 Å². The van der Waals surface area contributed by atoms with E-state index in [4.69, 9.17) is 10.5 Å². The highest BCUT2D eigenvalue weighted by molar-refractivity contribution is 5.77. The molecule has 0 spiro atoms. The molecular weight excluding hydrogens is 154 g/mol. The van der Waals surface area contributed by atoms with Gasteiger partial charge in [0.25, 0.3) is 0 Å². The number of carbonyl (C=O) groups is 1. The smallest absolute Gasteiger partial charge is 0.313 e. The van der Waals surface area contributed by atoms with Gasteiger partial charge in [-0.15, -0.1) is 0 Å². The molecule has 1 saturated carbocycles. The Balaban J connectivity index is 2.81. The first-order chi connectivity index (χ1) is 5.67. The van der Waals surface area contributed by atoms with Gasteiger partial charge >= 0.3 is 5.97 Å². The Morgan fingerprint density at radius 1 is 1.75 bits per heavy atom. The average molecular weight is 171 g/mol.